The highest BCUT2D eigenvalue weighted by Crippen LogP contribution is 2.24. The van der Waals surface area contributed by atoms with Gasteiger partial charge in [0.05, 0.1) is 0 Å². The number of hydrogen-bond donors (Lipinski definition) is 1. The SMILES string of the molecule is CCC1CCCCN1Cc1ccc(F)cc1N. The van der Waals surface area contributed by atoms with Crippen LogP contribution in [0.3, 0.4) is 0 Å². The lowest BCUT2D eigenvalue weighted by atomic mass is 9.99. The van der Waals surface area contributed by atoms with Gasteiger partial charge >= 0.3 is 0 Å². The molecule has 0 saturated carbocycles. The summed E-state index contributed by atoms with van der Waals surface area (Å²) in [6, 6.07) is 5.39. The monoisotopic (exact) mass is 236 g/mol. The summed E-state index contributed by atoms with van der Waals surface area (Å²) in [5.74, 6) is -0.253. The molecule has 2 nitrogen and oxygen atoms in total. The molecule has 1 fully saturated rings. The van der Waals surface area contributed by atoms with Crippen molar-refractivity contribution in [1.82, 2.24) is 4.90 Å². The minimum Gasteiger partial charge on any atom is -0.398 e. The van der Waals surface area contributed by atoms with Crippen LogP contribution in [0, 0.1) is 5.82 Å². The van der Waals surface area contributed by atoms with Crippen LogP contribution in [0.5, 0.6) is 0 Å². The summed E-state index contributed by atoms with van der Waals surface area (Å²) in [4.78, 5) is 2.48. The van der Waals surface area contributed by atoms with Crippen LogP contribution in [0.2, 0.25) is 0 Å². The third-order valence-electron chi connectivity index (χ3n) is 3.70. The Labute approximate surface area is 103 Å². The second kappa shape index (κ2) is 5.50. The van der Waals surface area contributed by atoms with Crippen molar-refractivity contribution in [2.45, 2.75) is 45.2 Å². The van der Waals surface area contributed by atoms with Gasteiger partial charge in [0.25, 0.3) is 0 Å². The molecular formula is C14H21FN2. The average molecular weight is 236 g/mol. The maximum atomic E-state index is 13.0. The fraction of sp³-hybridized carbons (Fsp3) is 0.571. The highest BCUT2D eigenvalue weighted by Gasteiger charge is 2.21. The molecular weight excluding hydrogens is 215 g/mol. The number of hydrogen-bond acceptors (Lipinski definition) is 2. The third kappa shape index (κ3) is 2.97. The number of benzene rings is 1. The van der Waals surface area contributed by atoms with E-state index < -0.39 is 0 Å². The quantitative estimate of drug-likeness (QED) is 0.817. The van der Waals surface area contributed by atoms with Crippen molar-refractivity contribution in [3.05, 3.63) is 29.6 Å². The summed E-state index contributed by atoms with van der Waals surface area (Å²) in [5.41, 5.74) is 7.48. The lowest BCUT2D eigenvalue weighted by Crippen LogP contribution is -2.38. The van der Waals surface area contributed by atoms with E-state index in [2.05, 4.69) is 11.8 Å². The van der Waals surface area contributed by atoms with E-state index in [1.165, 1.54) is 37.8 Å². The van der Waals surface area contributed by atoms with Gasteiger partial charge in [0.15, 0.2) is 0 Å². The Kier molecular flexibility index (Phi) is 4.00. The molecule has 3 heteroatoms. The molecule has 0 amide bonds. The van der Waals surface area contributed by atoms with Crippen LogP contribution in [0.25, 0.3) is 0 Å². The summed E-state index contributed by atoms with van der Waals surface area (Å²) < 4.78 is 13.0. The van der Waals surface area contributed by atoms with Gasteiger partial charge in [0.2, 0.25) is 0 Å². The summed E-state index contributed by atoms with van der Waals surface area (Å²) in [6.45, 7) is 4.22. The molecule has 1 unspecified atom stereocenters. The number of anilines is 1. The Bertz CT molecular complexity index is 378. The molecule has 17 heavy (non-hydrogen) atoms. The number of nitrogens with zero attached hydrogens (tertiary/aromatic N) is 1. The number of likely N-dealkylation sites (tertiary alicyclic amines) is 1. The van der Waals surface area contributed by atoms with E-state index in [4.69, 9.17) is 5.73 Å². The van der Waals surface area contributed by atoms with Crippen molar-refractivity contribution >= 4 is 5.69 Å². The van der Waals surface area contributed by atoms with Crippen molar-refractivity contribution < 1.29 is 4.39 Å². The molecule has 0 aliphatic carbocycles. The fourth-order valence-electron chi connectivity index (χ4n) is 2.66. The van der Waals surface area contributed by atoms with Gasteiger partial charge in [0.1, 0.15) is 5.82 Å². The van der Waals surface area contributed by atoms with Gasteiger partial charge in [0, 0.05) is 18.3 Å². The number of halogens is 1. The molecule has 1 aromatic carbocycles. The lowest BCUT2D eigenvalue weighted by molar-refractivity contribution is 0.136. The van der Waals surface area contributed by atoms with Crippen LogP contribution < -0.4 is 5.73 Å². The maximum Gasteiger partial charge on any atom is 0.125 e. The Balaban J connectivity index is 2.08. The zero-order valence-corrected chi connectivity index (χ0v) is 10.5. The summed E-state index contributed by atoms with van der Waals surface area (Å²) in [7, 11) is 0. The molecule has 1 aromatic rings. The van der Waals surface area contributed by atoms with Crippen molar-refractivity contribution in [1.29, 1.82) is 0 Å². The second-order valence-electron chi connectivity index (χ2n) is 4.87. The maximum absolute atomic E-state index is 13.0. The van der Waals surface area contributed by atoms with Crippen LogP contribution in [0.1, 0.15) is 38.2 Å². The first-order valence-electron chi connectivity index (χ1n) is 6.48. The van der Waals surface area contributed by atoms with Gasteiger partial charge in [-0.3, -0.25) is 4.90 Å². The first-order chi connectivity index (χ1) is 8.20. The first kappa shape index (κ1) is 12.4. The van der Waals surface area contributed by atoms with E-state index in [-0.39, 0.29) is 5.82 Å². The number of nitrogen functional groups attached to an aromatic ring is 1. The molecule has 1 saturated heterocycles. The largest absolute Gasteiger partial charge is 0.398 e. The van der Waals surface area contributed by atoms with E-state index in [1.807, 2.05) is 6.07 Å². The summed E-state index contributed by atoms with van der Waals surface area (Å²) in [5, 5.41) is 0. The van der Waals surface area contributed by atoms with Crippen LogP contribution in [-0.4, -0.2) is 17.5 Å². The number of nitrogens with two attached hydrogens (primary N) is 1. The van der Waals surface area contributed by atoms with Crippen LogP contribution >= 0.6 is 0 Å². The van der Waals surface area contributed by atoms with Gasteiger partial charge < -0.3 is 5.73 Å². The zero-order chi connectivity index (χ0) is 12.3. The van der Waals surface area contributed by atoms with Crippen molar-refractivity contribution in [3.63, 3.8) is 0 Å². The molecule has 94 valence electrons. The van der Waals surface area contributed by atoms with E-state index in [0.29, 0.717) is 11.7 Å². The van der Waals surface area contributed by atoms with Crippen LogP contribution in [0.15, 0.2) is 18.2 Å². The molecule has 0 radical (unpaired) electrons. The highest BCUT2D eigenvalue weighted by atomic mass is 19.1. The predicted octanol–water partition coefficient (Wildman–Crippen LogP) is 3.17. The average Bonchev–Trinajstić information content (AvgIpc) is 2.33. The molecule has 1 heterocycles. The Morgan fingerprint density at radius 1 is 1.41 bits per heavy atom. The Morgan fingerprint density at radius 3 is 2.94 bits per heavy atom. The molecule has 0 aromatic heterocycles. The Hall–Kier alpha value is -1.09. The van der Waals surface area contributed by atoms with E-state index in [1.54, 1.807) is 0 Å². The highest BCUT2D eigenvalue weighted by molar-refractivity contribution is 5.46. The normalized spacial score (nSPS) is 21.6. The van der Waals surface area contributed by atoms with Crippen molar-refractivity contribution in [2.24, 2.45) is 0 Å². The summed E-state index contributed by atoms with van der Waals surface area (Å²) >= 11 is 0. The van der Waals surface area contributed by atoms with Gasteiger partial charge in [-0.1, -0.05) is 19.4 Å². The Morgan fingerprint density at radius 2 is 2.24 bits per heavy atom. The molecule has 1 aliphatic heterocycles. The molecule has 1 atom stereocenters. The minimum absolute atomic E-state index is 0.253. The molecule has 0 spiro atoms. The number of rotatable bonds is 3. The molecule has 1 aliphatic rings. The van der Waals surface area contributed by atoms with Crippen molar-refractivity contribution in [3.8, 4) is 0 Å². The second-order valence-corrected chi connectivity index (χ2v) is 4.87. The van der Waals surface area contributed by atoms with E-state index in [9.17, 15) is 4.39 Å². The van der Waals surface area contributed by atoms with E-state index in [0.717, 1.165) is 18.7 Å². The topological polar surface area (TPSA) is 29.3 Å². The van der Waals surface area contributed by atoms with Crippen LogP contribution in [0.4, 0.5) is 10.1 Å². The minimum atomic E-state index is -0.253. The van der Waals surface area contributed by atoms with Crippen molar-refractivity contribution in [2.75, 3.05) is 12.3 Å². The first-order valence-corrected chi connectivity index (χ1v) is 6.48. The van der Waals surface area contributed by atoms with E-state index >= 15 is 0 Å². The van der Waals surface area contributed by atoms with Crippen LogP contribution in [-0.2, 0) is 6.54 Å². The van der Waals surface area contributed by atoms with Gasteiger partial charge in [-0.2, -0.15) is 0 Å². The predicted molar refractivity (Wildman–Crippen MR) is 69.2 cm³/mol. The zero-order valence-electron chi connectivity index (χ0n) is 10.5. The summed E-state index contributed by atoms with van der Waals surface area (Å²) in [6.07, 6.45) is 5.05. The lowest BCUT2D eigenvalue weighted by Gasteiger charge is -2.35. The van der Waals surface area contributed by atoms with Gasteiger partial charge in [-0.05, 0) is 43.5 Å². The smallest absolute Gasteiger partial charge is 0.125 e. The standard InChI is InChI=1S/C14H21FN2/c1-2-13-5-3-4-8-17(13)10-11-6-7-12(15)9-14(11)16/h6-7,9,13H,2-5,8,10,16H2,1H3. The molecule has 2 N–H and O–H groups in total. The molecule has 2 rings (SSSR count). The van der Waals surface area contributed by atoms with Gasteiger partial charge in [-0.25, -0.2) is 4.39 Å². The number of piperidine rings is 1. The fourth-order valence-corrected chi connectivity index (χ4v) is 2.66. The third-order valence-corrected chi connectivity index (χ3v) is 3.70. The van der Waals surface area contributed by atoms with Gasteiger partial charge in [-0.15, -0.1) is 0 Å². The molecule has 0 bridgehead atoms.